The first-order chi connectivity index (χ1) is 9.04. The van der Waals surface area contributed by atoms with E-state index in [0.717, 1.165) is 27.4 Å². The fourth-order valence-electron chi connectivity index (χ4n) is 2.27. The lowest BCUT2D eigenvalue weighted by atomic mass is 9.99. The van der Waals surface area contributed by atoms with Crippen molar-refractivity contribution in [2.45, 2.75) is 19.8 Å². The molecule has 19 heavy (non-hydrogen) atoms. The minimum atomic E-state index is 0.0104. The molecule has 0 saturated heterocycles. The van der Waals surface area contributed by atoms with Crippen LogP contribution in [0.15, 0.2) is 12.1 Å². The van der Waals surface area contributed by atoms with Crippen LogP contribution < -0.4 is 11.1 Å². The first-order valence-electron chi connectivity index (χ1n) is 5.90. The Morgan fingerprint density at radius 1 is 1.42 bits per heavy atom. The summed E-state index contributed by atoms with van der Waals surface area (Å²) in [5.41, 5.74) is 9.32. The lowest BCUT2D eigenvalue weighted by Gasteiger charge is -2.19. The molecule has 0 aliphatic carbocycles. The summed E-state index contributed by atoms with van der Waals surface area (Å²) in [5.74, 6) is 0.0104. The number of carbonyl (C=O) groups is 1. The van der Waals surface area contributed by atoms with Gasteiger partial charge >= 0.3 is 0 Å². The van der Waals surface area contributed by atoms with Crippen molar-refractivity contribution in [3.05, 3.63) is 27.6 Å². The monoisotopic (exact) mass is 293 g/mol. The van der Waals surface area contributed by atoms with E-state index in [2.05, 4.69) is 10.3 Å². The number of aromatic nitrogens is 1. The Balaban J connectivity index is 2.12. The molecule has 0 fully saturated rings. The van der Waals surface area contributed by atoms with Crippen LogP contribution in [0.1, 0.15) is 16.9 Å². The van der Waals surface area contributed by atoms with Crippen LogP contribution >= 0.6 is 22.9 Å². The molecule has 0 unspecified atom stereocenters. The second-order valence-corrected chi connectivity index (χ2v) is 6.14. The first kappa shape index (κ1) is 12.4. The molecule has 1 aliphatic heterocycles. The average molecular weight is 294 g/mol. The topological polar surface area (TPSA) is 68.0 Å². The number of carbonyl (C=O) groups excluding carboxylic acids is 1. The van der Waals surface area contributed by atoms with Crippen LogP contribution in [-0.4, -0.2) is 10.9 Å². The predicted molar refractivity (Wildman–Crippen MR) is 78.7 cm³/mol. The van der Waals surface area contributed by atoms with Crippen LogP contribution in [0, 0.1) is 6.92 Å². The molecule has 6 heteroatoms. The molecule has 1 aliphatic rings. The summed E-state index contributed by atoms with van der Waals surface area (Å²) in [6.07, 6.45) is 1.19. The number of amides is 1. The van der Waals surface area contributed by atoms with Crippen LogP contribution in [0.25, 0.3) is 11.3 Å². The quantitative estimate of drug-likeness (QED) is 0.848. The normalized spacial score (nSPS) is 14.1. The maximum Gasteiger partial charge on any atom is 0.224 e. The highest BCUT2D eigenvalue weighted by Gasteiger charge is 2.20. The molecule has 0 atom stereocenters. The molecule has 0 bridgehead atoms. The number of fused-ring (bicyclic) bond motifs is 1. The molecule has 4 nitrogen and oxygen atoms in total. The van der Waals surface area contributed by atoms with Crippen molar-refractivity contribution in [3.63, 3.8) is 0 Å². The van der Waals surface area contributed by atoms with Crippen LogP contribution in [-0.2, 0) is 11.2 Å². The Labute approximate surface area is 119 Å². The largest absolute Gasteiger partial charge is 0.375 e. The zero-order valence-electron chi connectivity index (χ0n) is 10.3. The highest BCUT2D eigenvalue weighted by Crippen LogP contribution is 2.37. The standard InChI is InChI=1S/C13H12ClN3OS/c1-6-11(17-13(15)19-6)8-4-7-2-3-10(18)16-12(7)9(14)5-8/h4-5H,2-3H2,1H3,(H2,15,17)(H,16,18). The van der Waals surface area contributed by atoms with E-state index in [-0.39, 0.29) is 5.91 Å². The lowest BCUT2D eigenvalue weighted by molar-refractivity contribution is -0.116. The smallest absolute Gasteiger partial charge is 0.224 e. The third kappa shape index (κ3) is 2.19. The van der Waals surface area contributed by atoms with Crippen molar-refractivity contribution in [1.29, 1.82) is 0 Å². The van der Waals surface area contributed by atoms with Gasteiger partial charge in [0.25, 0.3) is 0 Å². The fourth-order valence-corrected chi connectivity index (χ4v) is 3.27. The van der Waals surface area contributed by atoms with Crippen molar-refractivity contribution >= 4 is 39.7 Å². The van der Waals surface area contributed by atoms with E-state index in [1.54, 1.807) is 0 Å². The van der Waals surface area contributed by atoms with E-state index < -0.39 is 0 Å². The minimum absolute atomic E-state index is 0.0104. The molecule has 98 valence electrons. The fraction of sp³-hybridized carbons (Fsp3) is 0.231. The SMILES string of the molecule is Cc1sc(N)nc1-c1cc(Cl)c2c(c1)CCC(=O)N2. The summed E-state index contributed by atoms with van der Waals surface area (Å²) >= 11 is 7.71. The van der Waals surface area contributed by atoms with Crippen molar-refractivity contribution in [2.24, 2.45) is 0 Å². The van der Waals surface area contributed by atoms with Gasteiger partial charge in [-0.1, -0.05) is 11.6 Å². The number of benzene rings is 1. The zero-order valence-corrected chi connectivity index (χ0v) is 11.9. The van der Waals surface area contributed by atoms with Crippen molar-refractivity contribution in [1.82, 2.24) is 4.98 Å². The van der Waals surface area contributed by atoms with Gasteiger partial charge in [0.2, 0.25) is 5.91 Å². The van der Waals surface area contributed by atoms with E-state index in [9.17, 15) is 4.79 Å². The third-order valence-electron chi connectivity index (χ3n) is 3.14. The molecule has 0 radical (unpaired) electrons. The minimum Gasteiger partial charge on any atom is -0.375 e. The lowest BCUT2D eigenvalue weighted by Crippen LogP contribution is -2.19. The van der Waals surface area contributed by atoms with Gasteiger partial charge in [0.15, 0.2) is 5.13 Å². The molecule has 3 rings (SSSR count). The summed E-state index contributed by atoms with van der Waals surface area (Å²) in [4.78, 5) is 16.8. The highest BCUT2D eigenvalue weighted by molar-refractivity contribution is 7.15. The number of nitrogens with two attached hydrogens (primary N) is 1. The number of nitrogens with zero attached hydrogens (tertiary/aromatic N) is 1. The highest BCUT2D eigenvalue weighted by atomic mass is 35.5. The van der Waals surface area contributed by atoms with E-state index >= 15 is 0 Å². The average Bonchev–Trinajstić information content (AvgIpc) is 2.69. The number of hydrogen-bond acceptors (Lipinski definition) is 4. The number of rotatable bonds is 1. The first-order valence-corrected chi connectivity index (χ1v) is 7.09. The van der Waals surface area contributed by atoms with Gasteiger partial charge in [-0.05, 0) is 31.0 Å². The van der Waals surface area contributed by atoms with Crippen molar-refractivity contribution in [3.8, 4) is 11.3 Å². The van der Waals surface area contributed by atoms with Crippen LogP contribution in [0.3, 0.4) is 0 Å². The molecule has 3 N–H and O–H groups in total. The molecular weight excluding hydrogens is 282 g/mol. The third-order valence-corrected chi connectivity index (χ3v) is 4.24. The van der Waals surface area contributed by atoms with Gasteiger partial charge in [0.05, 0.1) is 16.4 Å². The molecule has 1 aromatic heterocycles. The molecule has 1 amide bonds. The number of nitrogen functional groups attached to an aromatic ring is 1. The summed E-state index contributed by atoms with van der Waals surface area (Å²) in [6, 6.07) is 3.86. The number of aryl methyl sites for hydroxylation is 2. The second kappa shape index (κ2) is 4.51. The molecule has 2 aromatic rings. The number of anilines is 2. The van der Waals surface area contributed by atoms with E-state index in [0.29, 0.717) is 23.0 Å². The molecular formula is C13H12ClN3OS. The van der Waals surface area contributed by atoms with Crippen LogP contribution in [0.2, 0.25) is 5.02 Å². The molecule has 0 saturated carbocycles. The maximum absolute atomic E-state index is 11.4. The Bertz CT molecular complexity index is 681. The van der Waals surface area contributed by atoms with Gasteiger partial charge in [0, 0.05) is 16.9 Å². The second-order valence-electron chi connectivity index (χ2n) is 4.50. The summed E-state index contributed by atoms with van der Waals surface area (Å²) < 4.78 is 0. The van der Waals surface area contributed by atoms with Crippen molar-refractivity contribution < 1.29 is 4.79 Å². The van der Waals surface area contributed by atoms with E-state index in [1.165, 1.54) is 11.3 Å². The van der Waals surface area contributed by atoms with Crippen molar-refractivity contribution in [2.75, 3.05) is 11.1 Å². The zero-order chi connectivity index (χ0) is 13.6. The van der Waals surface area contributed by atoms with E-state index in [1.807, 2.05) is 19.1 Å². The van der Waals surface area contributed by atoms with Gasteiger partial charge in [-0.3, -0.25) is 4.79 Å². The predicted octanol–water partition coefficient (Wildman–Crippen LogP) is 3.24. The summed E-state index contributed by atoms with van der Waals surface area (Å²) in [5, 5.41) is 3.91. The number of nitrogens with one attached hydrogen (secondary N) is 1. The molecule has 2 heterocycles. The Morgan fingerprint density at radius 2 is 2.21 bits per heavy atom. The van der Waals surface area contributed by atoms with Gasteiger partial charge in [-0.2, -0.15) is 0 Å². The number of halogens is 1. The Hall–Kier alpha value is -1.59. The van der Waals surface area contributed by atoms with E-state index in [4.69, 9.17) is 17.3 Å². The summed E-state index contributed by atoms with van der Waals surface area (Å²) in [7, 11) is 0. The molecule has 1 aromatic carbocycles. The maximum atomic E-state index is 11.4. The van der Waals surface area contributed by atoms with Crippen LogP contribution in [0.4, 0.5) is 10.8 Å². The van der Waals surface area contributed by atoms with Gasteiger partial charge < -0.3 is 11.1 Å². The van der Waals surface area contributed by atoms with Gasteiger partial charge in [-0.25, -0.2) is 4.98 Å². The Morgan fingerprint density at radius 3 is 2.89 bits per heavy atom. The Kier molecular flexibility index (Phi) is 2.95. The van der Waals surface area contributed by atoms with Gasteiger partial charge in [0.1, 0.15) is 0 Å². The van der Waals surface area contributed by atoms with Crippen LogP contribution in [0.5, 0.6) is 0 Å². The summed E-state index contributed by atoms with van der Waals surface area (Å²) in [6.45, 7) is 1.98. The number of hydrogen-bond donors (Lipinski definition) is 2. The van der Waals surface area contributed by atoms with Gasteiger partial charge in [-0.15, -0.1) is 11.3 Å². The number of thiazole rings is 1. The molecule has 0 spiro atoms.